The number of carbonyl (C=O) groups excluding carboxylic acids is 1. The molecule has 7 nitrogen and oxygen atoms in total. The molecule has 1 N–H and O–H groups in total. The first-order valence-electron chi connectivity index (χ1n) is 9.98. The summed E-state index contributed by atoms with van der Waals surface area (Å²) in [7, 11) is -3.06. The van der Waals surface area contributed by atoms with Crippen LogP contribution < -0.4 is 10.9 Å². The van der Waals surface area contributed by atoms with Crippen molar-refractivity contribution >= 4 is 38.4 Å². The molecule has 0 aliphatic carbocycles. The van der Waals surface area contributed by atoms with Crippen molar-refractivity contribution in [3.8, 4) is 0 Å². The van der Waals surface area contributed by atoms with E-state index < -0.39 is 9.84 Å². The third-order valence-corrected chi connectivity index (χ3v) is 7.96. The molecule has 2 aromatic carbocycles. The van der Waals surface area contributed by atoms with Gasteiger partial charge in [0.1, 0.15) is 0 Å². The first-order chi connectivity index (χ1) is 14.8. The molecule has 1 aliphatic rings. The number of benzene rings is 2. The minimum absolute atomic E-state index is 0.0181. The summed E-state index contributed by atoms with van der Waals surface area (Å²) in [5, 5.41) is 3.76. The van der Waals surface area contributed by atoms with Crippen LogP contribution in [0.5, 0.6) is 0 Å². The number of sulfone groups is 1. The van der Waals surface area contributed by atoms with Crippen LogP contribution in [-0.2, 0) is 21.2 Å². The van der Waals surface area contributed by atoms with Crippen molar-refractivity contribution in [1.82, 2.24) is 14.9 Å². The highest BCUT2D eigenvalue weighted by molar-refractivity contribution is 7.99. The fourth-order valence-electron chi connectivity index (χ4n) is 3.58. The molecule has 1 unspecified atom stereocenters. The maximum atomic E-state index is 13.2. The molecule has 162 valence electrons. The first-order valence-corrected chi connectivity index (χ1v) is 12.8. The van der Waals surface area contributed by atoms with E-state index in [1.807, 2.05) is 37.3 Å². The molecule has 0 bridgehead atoms. The summed E-state index contributed by atoms with van der Waals surface area (Å²) in [6, 6.07) is 14.7. The Kier molecular flexibility index (Phi) is 6.15. The van der Waals surface area contributed by atoms with Gasteiger partial charge in [-0.1, -0.05) is 53.7 Å². The van der Waals surface area contributed by atoms with Crippen molar-refractivity contribution in [3.05, 3.63) is 70.0 Å². The number of nitrogens with zero attached hydrogens (tertiary/aromatic N) is 2. The van der Waals surface area contributed by atoms with Gasteiger partial charge in [-0.3, -0.25) is 14.2 Å². The van der Waals surface area contributed by atoms with Crippen molar-refractivity contribution in [2.45, 2.75) is 31.1 Å². The van der Waals surface area contributed by atoms with Gasteiger partial charge < -0.3 is 5.32 Å². The maximum absolute atomic E-state index is 13.2. The Hall–Kier alpha value is -2.65. The number of rotatable bonds is 6. The molecule has 2 heterocycles. The topological polar surface area (TPSA) is 98.1 Å². The van der Waals surface area contributed by atoms with Gasteiger partial charge >= 0.3 is 0 Å². The molecule has 1 amide bonds. The van der Waals surface area contributed by atoms with Crippen LogP contribution in [-0.4, -0.2) is 47.2 Å². The Labute approximate surface area is 184 Å². The van der Waals surface area contributed by atoms with Gasteiger partial charge in [-0.2, -0.15) is 0 Å². The van der Waals surface area contributed by atoms with Crippen LogP contribution in [0.4, 0.5) is 0 Å². The van der Waals surface area contributed by atoms with Crippen LogP contribution >= 0.6 is 11.8 Å². The van der Waals surface area contributed by atoms with Gasteiger partial charge in [0.15, 0.2) is 15.0 Å². The molecule has 0 spiro atoms. The Morgan fingerprint density at radius 1 is 1.19 bits per heavy atom. The van der Waals surface area contributed by atoms with E-state index >= 15 is 0 Å². The van der Waals surface area contributed by atoms with Gasteiger partial charge in [-0.05, 0) is 31.0 Å². The maximum Gasteiger partial charge on any atom is 0.262 e. The van der Waals surface area contributed by atoms with Crippen LogP contribution in [0, 0.1) is 6.92 Å². The molecule has 1 aliphatic heterocycles. The number of aryl methyl sites for hydroxylation is 1. The number of para-hydroxylation sites is 1. The van der Waals surface area contributed by atoms with E-state index in [0.717, 1.165) is 11.1 Å². The lowest BCUT2D eigenvalue weighted by atomic mass is 10.1. The van der Waals surface area contributed by atoms with E-state index in [9.17, 15) is 18.0 Å². The number of thioether (sulfide) groups is 1. The average Bonchev–Trinajstić information content (AvgIpc) is 3.08. The van der Waals surface area contributed by atoms with Gasteiger partial charge in [-0.25, -0.2) is 13.4 Å². The summed E-state index contributed by atoms with van der Waals surface area (Å²) in [6.45, 7) is 2.35. The second-order valence-electron chi connectivity index (χ2n) is 7.74. The zero-order valence-electron chi connectivity index (χ0n) is 17.1. The first kappa shape index (κ1) is 21.6. The van der Waals surface area contributed by atoms with Crippen molar-refractivity contribution in [2.75, 3.05) is 17.3 Å². The second kappa shape index (κ2) is 8.84. The lowest BCUT2D eigenvalue weighted by molar-refractivity contribution is -0.119. The Morgan fingerprint density at radius 2 is 1.94 bits per heavy atom. The van der Waals surface area contributed by atoms with Crippen molar-refractivity contribution in [1.29, 1.82) is 0 Å². The largest absolute Gasteiger partial charge is 0.352 e. The fraction of sp³-hybridized carbons (Fsp3) is 0.318. The van der Waals surface area contributed by atoms with Crippen molar-refractivity contribution in [3.63, 3.8) is 0 Å². The van der Waals surface area contributed by atoms with Gasteiger partial charge in [0.25, 0.3) is 5.56 Å². The smallest absolute Gasteiger partial charge is 0.262 e. The van der Waals surface area contributed by atoms with Crippen molar-refractivity contribution in [2.24, 2.45) is 0 Å². The molecule has 9 heteroatoms. The standard InChI is InChI=1S/C22H23N3O4S2/c1-15-6-8-16(9-7-15)12-25-21(27)18-4-2-3-5-19(18)24-22(25)30-13-20(26)23-17-10-11-31(28,29)14-17/h2-9,17H,10-14H2,1H3,(H,23,26). The highest BCUT2D eigenvalue weighted by atomic mass is 32.2. The van der Waals surface area contributed by atoms with Crippen molar-refractivity contribution < 1.29 is 13.2 Å². The summed E-state index contributed by atoms with van der Waals surface area (Å²) < 4.78 is 24.8. The number of hydrogen-bond donors (Lipinski definition) is 1. The lowest BCUT2D eigenvalue weighted by Crippen LogP contribution is -2.36. The third-order valence-electron chi connectivity index (χ3n) is 5.22. The van der Waals surface area contributed by atoms with Crippen LogP contribution in [0.25, 0.3) is 10.9 Å². The number of hydrogen-bond acceptors (Lipinski definition) is 6. The summed E-state index contributed by atoms with van der Waals surface area (Å²) in [5.74, 6) is -0.130. The number of nitrogens with one attached hydrogen (secondary N) is 1. The summed E-state index contributed by atoms with van der Waals surface area (Å²) in [6.07, 6.45) is 0.436. The molecule has 3 aromatic rings. The molecular formula is C22H23N3O4S2. The van der Waals surface area contributed by atoms with Gasteiger partial charge in [0.2, 0.25) is 5.91 Å². The number of fused-ring (bicyclic) bond motifs is 1. The predicted molar refractivity (Wildman–Crippen MR) is 122 cm³/mol. The minimum Gasteiger partial charge on any atom is -0.352 e. The molecule has 1 atom stereocenters. The summed E-state index contributed by atoms with van der Waals surface area (Å²) in [4.78, 5) is 30.2. The van der Waals surface area contributed by atoms with E-state index in [0.29, 0.717) is 29.0 Å². The Bertz CT molecular complexity index is 1280. The lowest BCUT2D eigenvalue weighted by Gasteiger charge is -2.14. The van der Waals surface area contributed by atoms with Crippen LogP contribution in [0.2, 0.25) is 0 Å². The average molecular weight is 458 g/mol. The SMILES string of the molecule is Cc1ccc(Cn2c(SCC(=O)NC3CCS(=O)(=O)C3)nc3ccccc3c2=O)cc1. The van der Waals surface area contributed by atoms with Gasteiger partial charge in [0.05, 0.1) is 34.7 Å². The van der Waals surface area contributed by atoms with E-state index in [1.165, 1.54) is 11.8 Å². The number of amides is 1. The number of carbonyl (C=O) groups is 1. The van der Waals surface area contributed by atoms with Crippen LogP contribution in [0.15, 0.2) is 58.5 Å². The second-order valence-corrected chi connectivity index (χ2v) is 10.9. The Morgan fingerprint density at radius 3 is 2.65 bits per heavy atom. The van der Waals surface area contributed by atoms with E-state index in [2.05, 4.69) is 10.3 Å². The van der Waals surface area contributed by atoms with E-state index in [4.69, 9.17) is 0 Å². The molecule has 1 saturated heterocycles. The van der Waals surface area contributed by atoms with E-state index in [1.54, 1.807) is 22.8 Å². The highest BCUT2D eigenvalue weighted by Crippen LogP contribution is 2.20. The normalized spacial score (nSPS) is 17.6. The fourth-order valence-corrected chi connectivity index (χ4v) is 6.06. The third kappa shape index (κ3) is 5.16. The molecular weight excluding hydrogens is 434 g/mol. The monoisotopic (exact) mass is 457 g/mol. The molecule has 0 radical (unpaired) electrons. The summed E-state index contributed by atoms with van der Waals surface area (Å²) >= 11 is 1.18. The Balaban J connectivity index is 1.57. The molecule has 1 aromatic heterocycles. The zero-order chi connectivity index (χ0) is 22.0. The van der Waals surface area contributed by atoms with Crippen LogP contribution in [0.1, 0.15) is 17.5 Å². The quantitative estimate of drug-likeness (QED) is 0.450. The highest BCUT2D eigenvalue weighted by Gasteiger charge is 2.29. The van der Waals surface area contributed by atoms with Crippen LogP contribution in [0.3, 0.4) is 0 Å². The summed E-state index contributed by atoms with van der Waals surface area (Å²) in [5.41, 5.74) is 2.52. The molecule has 4 rings (SSSR count). The predicted octanol–water partition coefficient (Wildman–Crippen LogP) is 2.15. The van der Waals surface area contributed by atoms with Gasteiger partial charge in [0, 0.05) is 6.04 Å². The minimum atomic E-state index is -3.06. The van der Waals surface area contributed by atoms with E-state index in [-0.39, 0.29) is 34.8 Å². The zero-order valence-corrected chi connectivity index (χ0v) is 18.7. The molecule has 1 fully saturated rings. The number of aromatic nitrogens is 2. The van der Waals surface area contributed by atoms with Gasteiger partial charge in [-0.15, -0.1) is 0 Å². The molecule has 0 saturated carbocycles. The molecule has 31 heavy (non-hydrogen) atoms.